The smallest absolute Gasteiger partial charge is 0.255 e. The number of amides is 1. The van der Waals surface area contributed by atoms with Crippen LogP contribution in [0.2, 0.25) is 0 Å². The molecule has 2 aromatic carbocycles. The summed E-state index contributed by atoms with van der Waals surface area (Å²) >= 11 is 0. The largest absolute Gasteiger partial charge is 0.497 e. The molecule has 1 aliphatic rings. The number of para-hydroxylation sites is 1. The van der Waals surface area contributed by atoms with Crippen molar-refractivity contribution in [1.82, 2.24) is 5.32 Å². The summed E-state index contributed by atoms with van der Waals surface area (Å²) < 4.78 is 22.2. The van der Waals surface area contributed by atoms with Crippen molar-refractivity contribution < 1.29 is 23.4 Å². The minimum absolute atomic E-state index is 0.205. The van der Waals surface area contributed by atoms with E-state index in [2.05, 4.69) is 5.32 Å². The lowest BCUT2D eigenvalue weighted by Crippen LogP contribution is -2.24. The molecule has 0 atom stereocenters. The van der Waals surface area contributed by atoms with Gasteiger partial charge in [0.2, 0.25) is 0 Å². The van der Waals surface area contributed by atoms with Crippen LogP contribution in [0.1, 0.15) is 21.7 Å². The number of carbonyl (C=O) groups is 1. The van der Waals surface area contributed by atoms with Crippen LogP contribution in [0, 0.1) is 6.92 Å². The molecule has 1 aromatic heterocycles. The average molecular weight is 353 g/mol. The van der Waals surface area contributed by atoms with Gasteiger partial charge in [0, 0.05) is 17.5 Å². The number of fused-ring (bicyclic) bond motifs is 2. The van der Waals surface area contributed by atoms with Crippen LogP contribution >= 0.6 is 0 Å². The summed E-state index contributed by atoms with van der Waals surface area (Å²) in [5, 5.41) is 3.68. The van der Waals surface area contributed by atoms with Gasteiger partial charge in [-0.1, -0.05) is 12.1 Å². The molecule has 2 heterocycles. The van der Waals surface area contributed by atoms with Gasteiger partial charge in [0.15, 0.2) is 11.5 Å². The predicted molar refractivity (Wildman–Crippen MR) is 96.1 cm³/mol. The Kier molecular flexibility index (Phi) is 4.16. The number of rotatable bonds is 4. The highest BCUT2D eigenvalue weighted by Gasteiger charge is 2.20. The van der Waals surface area contributed by atoms with Crippen LogP contribution in [0.25, 0.3) is 11.0 Å². The molecule has 1 N–H and O–H groups in total. The number of hydrogen-bond donors (Lipinski definition) is 1. The minimum Gasteiger partial charge on any atom is -0.497 e. The molecule has 3 aromatic rings. The first-order valence-corrected chi connectivity index (χ1v) is 8.40. The fourth-order valence-electron chi connectivity index (χ4n) is 3.15. The maximum Gasteiger partial charge on any atom is 0.255 e. The first-order valence-electron chi connectivity index (χ1n) is 8.40. The van der Waals surface area contributed by atoms with Crippen molar-refractivity contribution in [1.29, 1.82) is 0 Å². The third-order valence-corrected chi connectivity index (χ3v) is 4.39. The zero-order chi connectivity index (χ0) is 18.1. The fraction of sp³-hybridized carbons (Fsp3) is 0.250. The van der Waals surface area contributed by atoms with E-state index in [4.69, 9.17) is 18.6 Å². The Morgan fingerprint density at radius 3 is 2.88 bits per heavy atom. The number of nitrogens with one attached hydrogen (secondary N) is 1. The lowest BCUT2D eigenvalue weighted by Gasteiger charge is -2.21. The highest BCUT2D eigenvalue weighted by Crippen LogP contribution is 2.34. The van der Waals surface area contributed by atoms with E-state index in [-0.39, 0.29) is 5.91 Å². The molecule has 1 aliphatic heterocycles. The highest BCUT2D eigenvalue weighted by molar-refractivity contribution is 6.07. The van der Waals surface area contributed by atoms with Crippen molar-refractivity contribution in [2.75, 3.05) is 20.3 Å². The van der Waals surface area contributed by atoms with Crippen LogP contribution in [-0.2, 0) is 6.54 Å². The van der Waals surface area contributed by atoms with E-state index in [1.54, 1.807) is 26.2 Å². The summed E-state index contributed by atoms with van der Waals surface area (Å²) in [5.41, 5.74) is 2.04. The van der Waals surface area contributed by atoms with E-state index in [1.165, 1.54) is 0 Å². The summed E-state index contributed by atoms with van der Waals surface area (Å²) in [6.07, 6.45) is 0. The van der Waals surface area contributed by atoms with E-state index in [0.29, 0.717) is 53.9 Å². The molecule has 134 valence electrons. The van der Waals surface area contributed by atoms with Gasteiger partial charge in [0.25, 0.3) is 5.91 Å². The third-order valence-electron chi connectivity index (χ3n) is 4.39. The van der Waals surface area contributed by atoms with Gasteiger partial charge in [-0.3, -0.25) is 4.79 Å². The topological polar surface area (TPSA) is 69.9 Å². The zero-order valence-electron chi connectivity index (χ0n) is 14.6. The molecule has 26 heavy (non-hydrogen) atoms. The second-order valence-electron chi connectivity index (χ2n) is 6.02. The van der Waals surface area contributed by atoms with Crippen LogP contribution in [0.3, 0.4) is 0 Å². The highest BCUT2D eigenvalue weighted by atomic mass is 16.6. The molecule has 6 heteroatoms. The Morgan fingerprint density at radius 2 is 2.04 bits per heavy atom. The molecule has 6 nitrogen and oxygen atoms in total. The molecule has 1 amide bonds. The van der Waals surface area contributed by atoms with E-state index in [0.717, 1.165) is 10.9 Å². The molecule has 0 bridgehead atoms. The van der Waals surface area contributed by atoms with E-state index in [9.17, 15) is 4.79 Å². The Bertz CT molecular complexity index is 976. The van der Waals surface area contributed by atoms with E-state index in [1.807, 2.05) is 24.3 Å². The molecule has 0 unspecified atom stereocenters. The molecule has 0 radical (unpaired) electrons. The van der Waals surface area contributed by atoms with Crippen molar-refractivity contribution in [3.63, 3.8) is 0 Å². The van der Waals surface area contributed by atoms with Crippen molar-refractivity contribution in [3.05, 3.63) is 53.3 Å². The zero-order valence-corrected chi connectivity index (χ0v) is 14.6. The standard InChI is InChI=1S/C20H19NO5/c1-12-18(15-10-14(23-2)6-7-16(15)26-12)20(22)21-11-13-4-3-5-17-19(13)25-9-8-24-17/h3-7,10H,8-9,11H2,1-2H3,(H,21,22). The monoisotopic (exact) mass is 353 g/mol. The Labute approximate surface area is 150 Å². The van der Waals surface area contributed by atoms with Crippen molar-refractivity contribution >= 4 is 16.9 Å². The van der Waals surface area contributed by atoms with Gasteiger partial charge in [-0.2, -0.15) is 0 Å². The Morgan fingerprint density at radius 1 is 1.19 bits per heavy atom. The first-order chi connectivity index (χ1) is 12.7. The van der Waals surface area contributed by atoms with E-state index < -0.39 is 0 Å². The van der Waals surface area contributed by atoms with Crippen molar-refractivity contribution in [3.8, 4) is 17.2 Å². The molecular formula is C20H19NO5. The molecule has 0 saturated carbocycles. The summed E-state index contributed by atoms with van der Waals surface area (Å²) in [6.45, 7) is 3.15. The number of benzene rings is 2. The third kappa shape index (κ3) is 2.83. The molecule has 0 saturated heterocycles. The van der Waals surface area contributed by atoms with Crippen molar-refractivity contribution in [2.45, 2.75) is 13.5 Å². The van der Waals surface area contributed by atoms with Crippen LogP contribution in [0.4, 0.5) is 0 Å². The molecule has 0 fully saturated rings. The normalized spacial score (nSPS) is 12.8. The summed E-state index contributed by atoms with van der Waals surface area (Å²) in [5.74, 6) is 2.44. The Hall–Kier alpha value is -3.15. The second kappa shape index (κ2) is 6.63. The second-order valence-corrected chi connectivity index (χ2v) is 6.02. The summed E-state index contributed by atoms with van der Waals surface area (Å²) in [6, 6.07) is 11.1. The number of hydrogen-bond acceptors (Lipinski definition) is 5. The lowest BCUT2D eigenvalue weighted by molar-refractivity contribution is 0.0950. The van der Waals surface area contributed by atoms with Crippen LogP contribution in [-0.4, -0.2) is 26.2 Å². The predicted octanol–water partition coefficient (Wildman–Crippen LogP) is 3.45. The number of furan rings is 1. The maximum atomic E-state index is 12.8. The molecule has 0 aliphatic carbocycles. The number of aryl methyl sites for hydroxylation is 1. The van der Waals surface area contributed by atoms with Gasteiger partial charge in [0.05, 0.1) is 12.7 Å². The number of ether oxygens (including phenoxy) is 3. The van der Waals surface area contributed by atoms with Crippen LogP contribution < -0.4 is 19.5 Å². The van der Waals surface area contributed by atoms with Crippen molar-refractivity contribution in [2.24, 2.45) is 0 Å². The van der Waals surface area contributed by atoms with Gasteiger partial charge < -0.3 is 23.9 Å². The van der Waals surface area contributed by atoms with Gasteiger partial charge in [0.1, 0.15) is 30.3 Å². The molecular weight excluding hydrogens is 334 g/mol. The van der Waals surface area contributed by atoms with Gasteiger partial charge in [-0.15, -0.1) is 0 Å². The average Bonchev–Trinajstić information content (AvgIpc) is 3.00. The minimum atomic E-state index is -0.205. The molecule has 0 spiro atoms. The Balaban J connectivity index is 1.60. The summed E-state index contributed by atoms with van der Waals surface area (Å²) in [7, 11) is 1.59. The summed E-state index contributed by atoms with van der Waals surface area (Å²) in [4.78, 5) is 12.8. The van der Waals surface area contributed by atoms with Crippen LogP contribution in [0.15, 0.2) is 40.8 Å². The lowest BCUT2D eigenvalue weighted by atomic mass is 10.1. The molecule has 4 rings (SSSR count). The SMILES string of the molecule is COc1ccc2oc(C)c(C(=O)NCc3cccc4c3OCCO4)c2c1. The maximum absolute atomic E-state index is 12.8. The number of carbonyl (C=O) groups excluding carboxylic acids is 1. The quantitative estimate of drug-likeness (QED) is 0.778. The van der Waals surface area contributed by atoms with Gasteiger partial charge >= 0.3 is 0 Å². The van der Waals surface area contributed by atoms with Gasteiger partial charge in [-0.05, 0) is 31.2 Å². The van der Waals surface area contributed by atoms with Gasteiger partial charge in [-0.25, -0.2) is 0 Å². The number of methoxy groups -OCH3 is 1. The fourth-order valence-corrected chi connectivity index (χ4v) is 3.15. The van der Waals surface area contributed by atoms with E-state index >= 15 is 0 Å². The first kappa shape index (κ1) is 16.3. The van der Waals surface area contributed by atoms with Crippen LogP contribution in [0.5, 0.6) is 17.2 Å².